The Morgan fingerprint density at radius 3 is 2.71 bits per heavy atom. The molecule has 0 aromatic heterocycles. The number of hydrogen-bond donors (Lipinski definition) is 0. The minimum Gasteiger partial charge on any atom is -0.363 e. The van der Waals surface area contributed by atoms with Gasteiger partial charge in [0.1, 0.15) is 0 Å². The van der Waals surface area contributed by atoms with Gasteiger partial charge < -0.3 is 4.90 Å². The maximum atomic E-state index is 11.2. The van der Waals surface area contributed by atoms with Gasteiger partial charge in [-0.1, -0.05) is 15.9 Å². The Hall–Kier alpha value is -0.350. The van der Waals surface area contributed by atoms with E-state index in [2.05, 4.69) is 36.8 Å². The minimum atomic E-state index is 0.317. The molecule has 0 aliphatic carbocycles. The zero-order valence-electron chi connectivity index (χ0n) is 7.46. The number of carbonyl (C=O) groups excluding carboxylic acids is 1. The van der Waals surface area contributed by atoms with E-state index in [4.69, 9.17) is 0 Å². The second kappa shape index (κ2) is 4.03. The molecular formula is C10H9Br2NO. The van der Waals surface area contributed by atoms with Gasteiger partial charge in [0.05, 0.1) is 12.2 Å². The molecule has 1 heterocycles. The largest absolute Gasteiger partial charge is 0.363 e. The first-order valence-corrected chi connectivity index (χ1v) is 5.97. The molecule has 14 heavy (non-hydrogen) atoms. The third kappa shape index (κ3) is 2.01. The summed E-state index contributed by atoms with van der Waals surface area (Å²) < 4.78 is 2.07. The molecular weight excluding hydrogens is 310 g/mol. The summed E-state index contributed by atoms with van der Waals surface area (Å²) in [5.74, 6) is 0.317. The molecule has 0 amide bonds. The van der Waals surface area contributed by atoms with Gasteiger partial charge in [-0.15, -0.1) is 0 Å². The van der Waals surface area contributed by atoms with Crippen LogP contribution in [0.1, 0.15) is 6.42 Å². The standard InChI is InChI=1S/C10H9Br2NO/c11-7-1-2-9(12)10(5-7)13-4-3-8(14)6-13/h1-2,5H,3-4,6H2. The number of Topliss-reactive ketones (excluding diaryl/α,β-unsaturated/α-hetero) is 1. The van der Waals surface area contributed by atoms with Crippen molar-refractivity contribution in [3.63, 3.8) is 0 Å². The molecule has 0 atom stereocenters. The second-order valence-corrected chi connectivity index (χ2v) is 5.08. The van der Waals surface area contributed by atoms with Crippen LogP contribution in [0.5, 0.6) is 0 Å². The fourth-order valence-electron chi connectivity index (χ4n) is 1.56. The van der Waals surface area contributed by atoms with E-state index in [1.54, 1.807) is 0 Å². The maximum Gasteiger partial charge on any atom is 0.153 e. The molecule has 2 nitrogen and oxygen atoms in total. The Morgan fingerprint density at radius 1 is 1.29 bits per heavy atom. The highest BCUT2D eigenvalue weighted by atomic mass is 79.9. The Balaban J connectivity index is 2.31. The summed E-state index contributed by atoms with van der Waals surface area (Å²) in [6.07, 6.45) is 0.666. The molecule has 1 fully saturated rings. The summed E-state index contributed by atoms with van der Waals surface area (Å²) in [4.78, 5) is 13.2. The molecule has 4 heteroatoms. The van der Waals surface area contributed by atoms with Crippen molar-refractivity contribution in [2.75, 3.05) is 18.0 Å². The van der Waals surface area contributed by atoms with Gasteiger partial charge in [-0.2, -0.15) is 0 Å². The number of rotatable bonds is 1. The molecule has 1 saturated heterocycles. The van der Waals surface area contributed by atoms with Crippen LogP contribution >= 0.6 is 31.9 Å². The number of hydrogen-bond acceptors (Lipinski definition) is 2. The summed E-state index contributed by atoms with van der Waals surface area (Å²) in [6.45, 7) is 1.36. The van der Waals surface area contributed by atoms with Crippen LogP contribution in [0.3, 0.4) is 0 Å². The average Bonchev–Trinajstić information content (AvgIpc) is 2.56. The minimum absolute atomic E-state index is 0.317. The van der Waals surface area contributed by atoms with Gasteiger partial charge in [0.15, 0.2) is 5.78 Å². The first-order valence-electron chi connectivity index (χ1n) is 4.38. The molecule has 0 N–H and O–H groups in total. The predicted octanol–water partition coefficient (Wildman–Crippen LogP) is 2.99. The lowest BCUT2D eigenvalue weighted by atomic mass is 10.3. The number of carbonyl (C=O) groups is 1. The molecule has 0 spiro atoms. The summed E-state index contributed by atoms with van der Waals surface area (Å²) in [7, 11) is 0. The number of ketones is 1. The van der Waals surface area contributed by atoms with Crippen molar-refractivity contribution in [3.8, 4) is 0 Å². The van der Waals surface area contributed by atoms with E-state index in [0.29, 0.717) is 18.7 Å². The van der Waals surface area contributed by atoms with Gasteiger partial charge in [-0.05, 0) is 34.1 Å². The van der Waals surface area contributed by atoms with Crippen LogP contribution in [0.25, 0.3) is 0 Å². The van der Waals surface area contributed by atoms with E-state index < -0.39 is 0 Å². The molecule has 1 aliphatic rings. The van der Waals surface area contributed by atoms with E-state index in [-0.39, 0.29) is 0 Å². The van der Waals surface area contributed by atoms with Gasteiger partial charge in [0.2, 0.25) is 0 Å². The van der Waals surface area contributed by atoms with Crippen LogP contribution in [-0.2, 0) is 4.79 Å². The van der Waals surface area contributed by atoms with Gasteiger partial charge in [0, 0.05) is 21.9 Å². The summed E-state index contributed by atoms with van der Waals surface area (Å²) in [6, 6.07) is 6.00. The topological polar surface area (TPSA) is 20.3 Å². The lowest BCUT2D eigenvalue weighted by molar-refractivity contribution is -0.116. The molecule has 1 aromatic carbocycles. The highest BCUT2D eigenvalue weighted by Crippen LogP contribution is 2.31. The summed E-state index contributed by atoms with van der Waals surface area (Å²) >= 11 is 6.91. The van der Waals surface area contributed by atoms with Crippen molar-refractivity contribution in [3.05, 3.63) is 27.1 Å². The Morgan fingerprint density at radius 2 is 2.07 bits per heavy atom. The van der Waals surface area contributed by atoms with Crippen molar-refractivity contribution < 1.29 is 4.79 Å². The molecule has 0 bridgehead atoms. The third-order valence-electron chi connectivity index (χ3n) is 2.28. The Labute approximate surface area is 99.5 Å². The lowest BCUT2D eigenvalue weighted by Crippen LogP contribution is -2.19. The quantitative estimate of drug-likeness (QED) is 0.793. The van der Waals surface area contributed by atoms with Gasteiger partial charge in [0.25, 0.3) is 0 Å². The van der Waals surface area contributed by atoms with E-state index in [1.807, 2.05) is 18.2 Å². The molecule has 1 aliphatic heterocycles. The SMILES string of the molecule is O=C1CCN(c2cc(Br)ccc2Br)C1. The fourth-order valence-corrected chi connectivity index (χ4v) is 2.41. The van der Waals surface area contributed by atoms with E-state index in [0.717, 1.165) is 21.2 Å². The summed E-state index contributed by atoms with van der Waals surface area (Å²) in [5, 5.41) is 0. The van der Waals surface area contributed by atoms with Crippen LogP contribution in [0, 0.1) is 0 Å². The van der Waals surface area contributed by atoms with Gasteiger partial charge >= 0.3 is 0 Å². The number of anilines is 1. The van der Waals surface area contributed by atoms with Crippen molar-refractivity contribution in [2.45, 2.75) is 6.42 Å². The average molecular weight is 319 g/mol. The van der Waals surface area contributed by atoms with Gasteiger partial charge in [-0.25, -0.2) is 0 Å². The number of halogens is 2. The van der Waals surface area contributed by atoms with Crippen LogP contribution in [0.15, 0.2) is 27.1 Å². The second-order valence-electron chi connectivity index (χ2n) is 3.31. The molecule has 74 valence electrons. The van der Waals surface area contributed by atoms with Crippen molar-refractivity contribution in [2.24, 2.45) is 0 Å². The van der Waals surface area contributed by atoms with Crippen LogP contribution in [0.2, 0.25) is 0 Å². The maximum absolute atomic E-state index is 11.2. The lowest BCUT2D eigenvalue weighted by Gasteiger charge is -2.18. The van der Waals surface area contributed by atoms with Crippen LogP contribution < -0.4 is 4.90 Å². The van der Waals surface area contributed by atoms with E-state index in [1.165, 1.54) is 0 Å². The number of nitrogens with zero attached hydrogens (tertiary/aromatic N) is 1. The van der Waals surface area contributed by atoms with Crippen molar-refractivity contribution in [1.29, 1.82) is 0 Å². The Kier molecular flexibility index (Phi) is 2.93. The number of benzene rings is 1. The smallest absolute Gasteiger partial charge is 0.153 e. The van der Waals surface area contributed by atoms with E-state index in [9.17, 15) is 4.79 Å². The monoisotopic (exact) mass is 317 g/mol. The first kappa shape index (κ1) is 10.2. The molecule has 0 radical (unpaired) electrons. The van der Waals surface area contributed by atoms with E-state index >= 15 is 0 Å². The zero-order valence-corrected chi connectivity index (χ0v) is 10.6. The highest BCUT2D eigenvalue weighted by Gasteiger charge is 2.21. The summed E-state index contributed by atoms with van der Waals surface area (Å²) in [5.41, 5.74) is 1.09. The van der Waals surface area contributed by atoms with Crippen molar-refractivity contribution >= 4 is 43.3 Å². The zero-order chi connectivity index (χ0) is 10.1. The van der Waals surface area contributed by atoms with Crippen molar-refractivity contribution in [1.82, 2.24) is 0 Å². The fraction of sp³-hybridized carbons (Fsp3) is 0.300. The molecule has 1 aromatic rings. The molecule has 2 rings (SSSR count). The molecule has 0 saturated carbocycles. The van der Waals surface area contributed by atoms with Crippen LogP contribution in [0.4, 0.5) is 5.69 Å². The van der Waals surface area contributed by atoms with Gasteiger partial charge in [-0.3, -0.25) is 4.79 Å². The van der Waals surface area contributed by atoms with Crippen LogP contribution in [-0.4, -0.2) is 18.9 Å². The normalized spacial score (nSPS) is 16.4. The molecule has 0 unspecified atom stereocenters. The Bertz CT molecular complexity index is 378. The first-order chi connectivity index (χ1) is 6.66. The highest BCUT2D eigenvalue weighted by molar-refractivity contribution is 9.11. The predicted molar refractivity (Wildman–Crippen MR) is 63.7 cm³/mol. The third-order valence-corrected chi connectivity index (χ3v) is 3.44.